The van der Waals surface area contributed by atoms with E-state index in [0.717, 1.165) is 16.5 Å². The Morgan fingerprint density at radius 3 is 2.63 bits per heavy atom. The van der Waals surface area contributed by atoms with Gasteiger partial charge in [-0.2, -0.15) is 0 Å². The maximum absolute atomic E-state index is 14.3. The summed E-state index contributed by atoms with van der Waals surface area (Å²) in [6, 6.07) is 23.5. The average molecular weight is 565 g/mol. The molecule has 0 spiro atoms. The summed E-state index contributed by atoms with van der Waals surface area (Å²) in [5, 5.41) is 8.51. The van der Waals surface area contributed by atoms with Gasteiger partial charge >= 0.3 is 0 Å². The molecule has 4 aromatic heterocycles. The van der Waals surface area contributed by atoms with Gasteiger partial charge in [0.2, 0.25) is 0 Å². The van der Waals surface area contributed by atoms with E-state index in [1.807, 2.05) is 72.9 Å². The highest BCUT2D eigenvalue weighted by molar-refractivity contribution is 6.04. The van der Waals surface area contributed by atoms with Crippen LogP contribution in [0.2, 0.25) is 0 Å². The molecule has 3 aromatic carbocycles. The molecule has 4 heterocycles. The van der Waals surface area contributed by atoms with Gasteiger partial charge in [0.25, 0.3) is 11.5 Å². The van der Waals surface area contributed by atoms with Gasteiger partial charge in [-0.3, -0.25) is 14.2 Å². The van der Waals surface area contributed by atoms with E-state index in [1.54, 1.807) is 31.5 Å². The van der Waals surface area contributed by atoms with Crippen LogP contribution in [-0.4, -0.2) is 35.0 Å². The van der Waals surface area contributed by atoms with Crippen molar-refractivity contribution in [2.75, 3.05) is 5.73 Å². The molecule has 1 amide bonds. The summed E-state index contributed by atoms with van der Waals surface area (Å²) in [5.41, 5.74) is 9.71. The third-order valence-corrected chi connectivity index (χ3v) is 7.24. The van der Waals surface area contributed by atoms with E-state index >= 15 is 0 Å². The minimum Gasteiger partial charge on any atom is -0.381 e. The van der Waals surface area contributed by atoms with Gasteiger partial charge in [0, 0.05) is 35.1 Å². The largest absolute Gasteiger partial charge is 0.381 e. The third-order valence-electron chi connectivity index (χ3n) is 7.24. The SMILES string of the molecule is CC(NC(=O)c1c(N)nn2cccnc12)c1nc2cccc(C#Cc3c[nH]c4ccccc34)c2c(=O)n1-c1ccccc1. The molecular formula is C33H24N8O2. The number of fused-ring (bicyclic) bond motifs is 3. The van der Waals surface area contributed by atoms with Crippen molar-refractivity contribution in [3.8, 4) is 17.5 Å². The first-order chi connectivity index (χ1) is 21.0. The standard InChI is InChI=1S/C33H24N8O2/c1-20(37-32(42)28-29(34)39-40-18-8-17-35-31(28)40)30-38-26-14-7-9-21(15-16-22-19-36-25-13-6-5-12-24(22)25)27(26)33(43)41(30)23-10-3-2-4-11-23/h2-14,17-20,36H,1H3,(H2,34,39)(H,37,42). The molecule has 0 saturated carbocycles. The zero-order valence-electron chi connectivity index (χ0n) is 22.9. The molecular weight excluding hydrogens is 540 g/mol. The number of aromatic amines is 1. The van der Waals surface area contributed by atoms with Gasteiger partial charge in [-0.25, -0.2) is 14.5 Å². The monoisotopic (exact) mass is 564 g/mol. The van der Waals surface area contributed by atoms with E-state index in [4.69, 9.17) is 10.7 Å². The Labute approximate surface area is 244 Å². The molecule has 10 nitrogen and oxygen atoms in total. The van der Waals surface area contributed by atoms with Crippen molar-refractivity contribution in [1.29, 1.82) is 0 Å². The summed E-state index contributed by atoms with van der Waals surface area (Å²) in [4.78, 5) is 40.1. The number of para-hydroxylation sites is 2. The molecule has 0 aliphatic heterocycles. The first-order valence-electron chi connectivity index (χ1n) is 13.6. The van der Waals surface area contributed by atoms with E-state index in [1.165, 1.54) is 9.08 Å². The Kier molecular flexibility index (Phi) is 6.18. The van der Waals surface area contributed by atoms with Gasteiger partial charge in [0.1, 0.15) is 11.4 Å². The number of anilines is 1. The molecule has 4 N–H and O–H groups in total. The fourth-order valence-corrected chi connectivity index (χ4v) is 5.23. The maximum Gasteiger partial charge on any atom is 0.267 e. The number of carbonyl (C=O) groups excluding carboxylic acids is 1. The summed E-state index contributed by atoms with van der Waals surface area (Å²) in [6.45, 7) is 1.76. The summed E-state index contributed by atoms with van der Waals surface area (Å²) in [7, 11) is 0. The number of nitrogen functional groups attached to an aromatic ring is 1. The second kappa shape index (κ2) is 10.3. The van der Waals surface area contributed by atoms with Crippen molar-refractivity contribution >= 4 is 39.2 Å². The molecule has 0 aliphatic carbocycles. The molecule has 1 atom stereocenters. The van der Waals surface area contributed by atoms with Crippen molar-refractivity contribution in [2.24, 2.45) is 0 Å². The van der Waals surface area contributed by atoms with Gasteiger partial charge in [0.05, 0.1) is 28.2 Å². The Morgan fingerprint density at radius 2 is 1.77 bits per heavy atom. The molecule has 0 fully saturated rings. The molecule has 0 saturated heterocycles. The number of amides is 1. The van der Waals surface area contributed by atoms with Crippen LogP contribution in [0, 0.1) is 11.8 Å². The van der Waals surface area contributed by atoms with Crippen LogP contribution in [0.4, 0.5) is 5.82 Å². The zero-order valence-corrected chi connectivity index (χ0v) is 22.9. The van der Waals surface area contributed by atoms with Gasteiger partial charge in [0.15, 0.2) is 11.5 Å². The Hall–Kier alpha value is -6.21. The van der Waals surface area contributed by atoms with Crippen LogP contribution in [0.3, 0.4) is 0 Å². The lowest BCUT2D eigenvalue weighted by molar-refractivity contribution is 0.0940. The number of aromatic nitrogens is 6. The number of benzene rings is 3. The smallest absolute Gasteiger partial charge is 0.267 e. The van der Waals surface area contributed by atoms with Crippen LogP contribution in [0.1, 0.15) is 40.3 Å². The van der Waals surface area contributed by atoms with E-state index in [-0.39, 0.29) is 16.9 Å². The highest BCUT2D eigenvalue weighted by atomic mass is 16.2. The second-order valence-corrected chi connectivity index (χ2v) is 9.99. The van der Waals surface area contributed by atoms with Crippen LogP contribution >= 0.6 is 0 Å². The number of rotatable bonds is 4. The Morgan fingerprint density at radius 1 is 0.977 bits per heavy atom. The highest BCUT2D eigenvalue weighted by Gasteiger charge is 2.24. The number of nitrogens with two attached hydrogens (primary N) is 1. The molecule has 7 aromatic rings. The van der Waals surface area contributed by atoms with Crippen LogP contribution < -0.4 is 16.6 Å². The van der Waals surface area contributed by atoms with Crippen molar-refractivity contribution in [1.82, 2.24) is 34.4 Å². The number of nitrogens with zero attached hydrogens (tertiary/aromatic N) is 5. The molecule has 0 aliphatic rings. The predicted octanol–water partition coefficient (Wildman–Crippen LogP) is 4.38. The summed E-state index contributed by atoms with van der Waals surface area (Å²) < 4.78 is 2.96. The van der Waals surface area contributed by atoms with Gasteiger partial charge in [-0.05, 0) is 43.3 Å². The van der Waals surface area contributed by atoms with Crippen molar-refractivity contribution in [3.05, 3.63) is 130 Å². The fraction of sp³-hybridized carbons (Fsp3) is 0.0606. The van der Waals surface area contributed by atoms with Crippen molar-refractivity contribution in [3.63, 3.8) is 0 Å². The van der Waals surface area contributed by atoms with Crippen LogP contribution in [0.25, 0.3) is 33.1 Å². The molecule has 43 heavy (non-hydrogen) atoms. The molecule has 10 heteroatoms. The Balaban J connectivity index is 1.35. The zero-order chi connectivity index (χ0) is 29.5. The summed E-state index contributed by atoms with van der Waals surface area (Å²) in [5.74, 6) is 6.34. The van der Waals surface area contributed by atoms with Crippen molar-refractivity contribution < 1.29 is 4.79 Å². The highest BCUT2D eigenvalue weighted by Crippen LogP contribution is 2.23. The quantitative estimate of drug-likeness (QED) is 0.272. The summed E-state index contributed by atoms with van der Waals surface area (Å²) >= 11 is 0. The first kappa shape index (κ1) is 25.7. The second-order valence-electron chi connectivity index (χ2n) is 9.99. The van der Waals surface area contributed by atoms with E-state index in [0.29, 0.717) is 33.6 Å². The molecule has 1 unspecified atom stereocenters. The minimum atomic E-state index is -0.691. The van der Waals surface area contributed by atoms with Gasteiger partial charge < -0.3 is 16.0 Å². The third kappa shape index (κ3) is 4.45. The van der Waals surface area contributed by atoms with E-state index in [2.05, 4.69) is 32.2 Å². The Bertz CT molecular complexity index is 2300. The predicted molar refractivity (Wildman–Crippen MR) is 165 cm³/mol. The van der Waals surface area contributed by atoms with Crippen LogP contribution in [0.15, 0.2) is 102 Å². The lowest BCUT2D eigenvalue weighted by Crippen LogP contribution is -2.33. The lowest BCUT2D eigenvalue weighted by atomic mass is 10.1. The van der Waals surface area contributed by atoms with Crippen LogP contribution in [-0.2, 0) is 0 Å². The van der Waals surface area contributed by atoms with E-state index in [9.17, 15) is 9.59 Å². The topological polar surface area (TPSA) is 136 Å². The molecule has 7 rings (SSSR count). The first-order valence-corrected chi connectivity index (χ1v) is 13.6. The van der Waals surface area contributed by atoms with E-state index < -0.39 is 11.9 Å². The molecule has 208 valence electrons. The lowest BCUT2D eigenvalue weighted by Gasteiger charge is -2.20. The minimum absolute atomic E-state index is 0.0498. The average Bonchev–Trinajstić information content (AvgIpc) is 3.60. The van der Waals surface area contributed by atoms with Crippen molar-refractivity contribution in [2.45, 2.75) is 13.0 Å². The molecule has 0 radical (unpaired) electrons. The maximum atomic E-state index is 14.3. The number of carbonyl (C=O) groups is 1. The molecule has 0 bridgehead atoms. The fourth-order valence-electron chi connectivity index (χ4n) is 5.23. The summed E-state index contributed by atoms with van der Waals surface area (Å²) in [6.07, 6.45) is 5.08. The normalized spacial score (nSPS) is 11.8. The number of hydrogen-bond donors (Lipinski definition) is 3. The number of hydrogen-bond acceptors (Lipinski definition) is 6. The van der Waals surface area contributed by atoms with Gasteiger partial charge in [-0.15, -0.1) is 5.10 Å². The van der Waals surface area contributed by atoms with Gasteiger partial charge in [-0.1, -0.05) is 54.3 Å². The number of nitrogens with one attached hydrogen (secondary N) is 2. The van der Waals surface area contributed by atoms with Crippen LogP contribution in [0.5, 0.6) is 0 Å². The number of H-pyrrole nitrogens is 1.